The first-order chi connectivity index (χ1) is 10.2. The summed E-state index contributed by atoms with van der Waals surface area (Å²) in [5.41, 5.74) is 0. The number of nitrogens with zero attached hydrogens (tertiary/aromatic N) is 3. The van der Waals surface area contributed by atoms with Crippen LogP contribution >= 0.6 is 0 Å². The number of unbranched alkanes of at least 4 members (excludes halogenated alkanes) is 1. The fraction of sp³-hybridized carbons (Fsp3) is 0.824. The second kappa shape index (κ2) is 10.7. The lowest BCUT2D eigenvalue weighted by Crippen LogP contribution is -2.41. The molecule has 0 aromatic carbocycles. The zero-order chi connectivity index (χ0) is 15.5. The average molecular weight is 294 g/mol. The molecule has 1 fully saturated rings. The van der Waals surface area contributed by atoms with Gasteiger partial charge in [-0.25, -0.2) is 0 Å². The van der Waals surface area contributed by atoms with Crippen LogP contribution in [-0.4, -0.2) is 62.6 Å². The van der Waals surface area contributed by atoms with Gasteiger partial charge < -0.3 is 15.1 Å². The molecular weight excluding hydrogens is 260 g/mol. The summed E-state index contributed by atoms with van der Waals surface area (Å²) in [6.07, 6.45) is 8.12. The van der Waals surface area contributed by atoms with Gasteiger partial charge in [-0.05, 0) is 51.1 Å². The number of hydrogen-bond acceptors (Lipinski definition) is 2. The smallest absolute Gasteiger partial charge is 0.193 e. The first-order valence-electron chi connectivity index (χ1n) is 8.42. The Labute approximate surface area is 131 Å². The summed E-state index contributed by atoms with van der Waals surface area (Å²) < 4.78 is 0. The molecule has 0 aliphatic carbocycles. The molecule has 0 spiro atoms. The fourth-order valence-corrected chi connectivity index (χ4v) is 2.96. The molecule has 1 N–H and O–H groups in total. The van der Waals surface area contributed by atoms with Gasteiger partial charge in [0.25, 0.3) is 0 Å². The Balaban J connectivity index is 2.15. The lowest BCUT2D eigenvalue weighted by molar-refractivity contribution is 0.182. The normalized spacial score (nSPS) is 20.3. The second-order valence-corrected chi connectivity index (χ2v) is 6.23. The van der Waals surface area contributed by atoms with Crippen molar-refractivity contribution in [1.82, 2.24) is 15.1 Å². The monoisotopic (exact) mass is 294 g/mol. The molecule has 21 heavy (non-hydrogen) atoms. The van der Waals surface area contributed by atoms with Crippen molar-refractivity contribution in [2.75, 3.05) is 46.8 Å². The zero-order valence-corrected chi connectivity index (χ0v) is 14.3. The lowest BCUT2D eigenvalue weighted by atomic mass is 10.0. The van der Waals surface area contributed by atoms with Crippen molar-refractivity contribution in [3.8, 4) is 0 Å². The highest BCUT2D eigenvalue weighted by Gasteiger charge is 2.15. The zero-order valence-electron chi connectivity index (χ0n) is 14.3. The Bertz CT molecular complexity index is 314. The van der Waals surface area contributed by atoms with Gasteiger partial charge in [-0.15, -0.1) is 6.58 Å². The third-order valence-electron chi connectivity index (χ3n) is 4.15. The molecule has 0 amide bonds. The van der Waals surface area contributed by atoms with E-state index in [-0.39, 0.29) is 0 Å². The van der Waals surface area contributed by atoms with Crippen LogP contribution in [0.2, 0.25) is 0 Å². The van der Waals surface area contributed by atoms with Gasteiger partial charge in [0.05, 0.1) is 0 Å². The Kier molecular flexibility index (Phi) is 9.15. The summed E-state index contributed by atoms with van der Waals surface area (Å²) in [4.78, 5) is 9.16. The molecule has 1 rings (SSSR count). The van der Waals surface area contributed by atoms with E-state index in [4.69, 9.17) is 0 Å². The van der Waals surface area contributed by atoms with Crippen LogP contribution in [0.25, 0.3) is 0 Å². The molecule has 4 heteroatoms. The molecular formula is C17H34N4. The summed E-state index contributed by atoms with van der Waals surface area (Å²) in [6.45, 7) is 11.9. The highest BCUT2D eigenvalue weighted by molar-refractivity contribution is 5.79. The number of rotatable bonds is 8. The largest absolute Gasteiger partial charge is 0.356 e. The molecule has 0 aromatic rings. The van der Waals surface area contributed by atoms with Crippen molar-refractivity contribution in [2.45, 2.75) is 39.0 Å². The van der Waals surface area contributed by atoms with Crippen LogP contribution in [0, 0.1) is 5.92 Å². The number of guanidine groups is 1. The van der Waals surface area contributed by atoms with Crippen LogP contribution in [0.3, 0.4) is 0 Å². The first kappa shape index (κ1) is 18.0. The predicted molar refractivity (Wildman–Crippen MR) is 92.9 cm³/mol. The minimum atomic E-state index is 0.871. The molecule has 1 unspecified atom stereocenters. The van der Waals surface area contributed by atoms with Crippen LogP contribution in [0.4, 0.5) is 0 Å². The van der Waals surface area contributed by atoms with Gasteiger partial charge in [0, 0.05) is 33.7 Å². The molecule has 1 aliphatic heterocycles. The molecule has 1 saturated heterocycles. The van der Waals surface area contributed by atoms with Crippen LogP contribution < -0.4 is 5.32 Å². The minimum Gasteiger partial charge on any atom is -0.356 e. The molecule has 1 heterocycles. The van der Waals surface area contributed by atoms with Gasteiger partial charge in [0.2, 0.25) is 0 Å². The van der Waals surface area contributed by atoms with Gasteiger partial charge in [-0.3, -0.25) is 4.99 Å². The maximum absolute atomic E-state index is 4.36. The Morgan fingerprint density at radius 2 is 2.29 bits per heavy atom. The highest BCUT2D eigenvalue weighted by atomic mass is 15.3. The molecule has 0 saturated carbocycles. The molecule has 0 bridgehead atoms. The quantitative estimate of drug-likeness (QED) is 0.323. The maximum atomic E-state index is 4.36. The topological polar surface area (TPSA) is 30.9 Å². The number of hydrogen-bond donors (Lipinski definition) is 1. The molecule has 0 radical (unpaired) electrons. The fourth-order valence-electron chi connectivity index (χ4n) is 2.96. The van der Waals surface area contributed by atoms with Crippen LogP contribution in [0.5, 0.6) is 0 Å². The van der Waals surface area contributed by atoms with Crippen molar-refractivity contribution >= 4 is 5.96 Å². The summed E-state index contributed by atoms with van der Waals surface area (Å²) in [6, 6.07) is 0. The van der Waals surface area contributed by atoms with Crippen molar-refractivity contribution in [3.63, 3.8) is 0 Å². The van der Waals surface area contributed by atoms with Crippen molar-refractivity contribution < 1.29 is 0 Å². The van der Waals surface area contributed by atoms with Gasteiger partial charge in [0.15, 0.2) is 5.96 Å². The van der Waals surface area contributed by atoms with E-state index < -0.39 is 0 Å². The van der Waals surface area contributed by atoms with Gasteiger partial charge in [0.1, 0.15) is 0 Å². The standard InChI is InChI=1S/C17H34N4/c1-5-6-7-12-20(4)17(18-3)19-11-9-14-21-13-8-10-16(2)15-21/h5,16H,1,6-15H2,2-4H3,(H,18,19). The molecule has 4 nitrogen and oxygen atoms in total. The summed E-state index contributed by atoms with van der Waals surface area (Å²) in [5, 5.41) is 3.47. The van der Waals surface area contributed by atoms with Crippen molar-refractivity contribution in [2.24, 2.45) is 10.9 Å². The number of allylic oxidation sites excluding steroid dienone is 1. The summed E-state index contributed by atoms with van der Waals surface area (Å²) >= 11 is 0. The van der Waals surface area contributed by atoms with Gasteiger partial charge in [-0.1, -0.05) is 13.0 Å². The first-order valence-corrected chi connectivity index (χ1v) is 8.42. The van der Waals surface area contributed by atoms with E-state index in [0.717, 1.165) is 37.8 Å². The summed E-state index contributed by atoms with van der Waals surface area (Å²) in [7, 11) is 3.96. The Hall–Kier alpha value is -1.03. The van der Waals surface area contributed by atoms with Crippen LogP contribution in [0.1, 0.15) is 39.0 Å². The molecule has 1 aliphatic rings. The average Bonchev–Trinajstić information content (AvgIpc) is 2.47. The van der Waals surface area contributed by atoms with Crippen LogP contribution in [-0.2, 0) is 0 Å². The SMILES string of the molecule is C=CCCCN(C)C(=NC)NCCCN1CCCC(C)C1. The number of piperidine rings is 1. The van der Waals surface area contributed by atoms with Gasteiger partial charge in [-0.2, -0.15) is 0 Å². The van der Waals surface area contributed by atoms with E-state index in [0.29, 0.717) is 0 Å². The van der Waals surface area contributed by atoms with Gasteiger partial charge >= 0.3 is 0 Å². The van der Waals surface area contributed by atoms with Crippen molar-refractivity contribution in [3.05, 3.63) is 12.7 Å². The van der Waals surface area contributed by atoms with E-state index in [1.54, 1.807) is 0 Å². The second-order valence-electron chi connectivity index (χ2n) is 6.23. The lowest BCUT2D eigenvalue weighted by Gasteiger charge is -2.31. The highest BCUT2D eigenvalue weighted by Crippen LogP contribution is 2.15. The molecule has 1 atom stereocenters. The van der Waals surface area contributed by atoms with E-state index >= 15 is 0 Å². The van der Waals surface area contributed by atoms with E-state index in [1.807, 2.05) is 13.1 Å². The van der Waals surface area contributed by atoms with E-state index in [1.165, 1.54) is 38.9 Å². The molecule has 122 valence electrons. The van der Waals surface area contributed by atoms with Crippen molar-refractivity contribution in [1.29, 1.82) is 0 Å². The third kappa shape index (κ3) is 7.51. The summed E-state index contributed by atoms with van der Waals surface area (Å²) in [5.74, 6) is 1.88. The third-order valence-corrected chi connectivity index (χ3v) is 4.15. The van der Waals surface area contributed by atoms with E-state index in [2.05, 4.69) is 40.7 Å². The Morgan fingerprint density at radius 1 is 1.48 bits per heavy atom. The molecule has 0 aromatic heterocycles. The predicted octanol–water partition coefficient (Wildman–Crippen LogP) is 2.58. The van der Waals surface area contributed by atoms with E-state index in [9.17, 15) is 0 Å². The number of likely N-dealkylation sites (tertiary alicyclic amines) is 1. The Morgan fingerprint density at radius 3 is 2.95 bits per heavy atom. The number of aliphatic imine (C=N–C) groups is 1. The minimum absolute atomic E-state index is 0.871. The van der Waals surface area contributed by atoms with Crippen LogP contribution in [0.15, 0.2) is 17.6 Å². The maximum Gasteiger partial charge on any atom is 0.193 e. The number of nitrogens with one attached hydrogen (secondary N) is 1.